The molecule has 2 aliphatic carbocycles. The first-order valence-corrected chi connectivity index (χ1v) is 15.3. The van der Waals surface area contributed by atoms with E-state index < -0.39 is 4.92 Å². The summed E-state index contributed by atoms with van der Waals surface area (Å²) in [5.74, 6) is 2.07. The van der Waals surface area contributed by atoms with Crippen LogP contribution >= 0.6 is 0 Å². The summed E-state index contributed by atoms with van der Waals surface area (Å²) in [5, 5.41) is 23.2. The number of nitro groups is 1. The fourth-order valence-corrected chi connectivity index (χ4v) is 6.48. The van der Waals surface area contributed by atoms with Gasteiger partial charge >= 0.3 is 0 Å². The van der Waals surface area contributed by atoms with Crippen LogP contribution in [0, 0.1) is 22.0 Å². The average Bonchev–Trinajstić information content (AvgIpc) is 3.54. The van der Waals surface area contributed by atoms with Crippen molar-refractivity contribution in [2.45, 2.75) is 89.8 Å². The molecular formula is C31H41N7O4. The van der Waals surface area contributed by atoms with Crippen molar-refractivity contribution in [2.24, 2.45) is 11.8 Å². The second-order valence-corrected chi connectivity index (χ2v) is 11.5. The van der Waals surface area contributed by atoms with E-state index in [9.17, 15) is 14.9 Å². The molecule has 0 radical (unpaired) electrons. The molecule has 0 bridgehead atoms. The van der Waals surface area contributed by atoms with E-state index >= 15 is 0 Å². The van der Waals surface area contributed by atoms with Crippen molar-refractivity contribution in [1.82, 2.24) is 30.4 Å². The number of nitrogens with zero attached hydrogens (tertiary/aromatic N) is 5. The second-order valence-electron chi connectivity index (χ2n) is 11.5. The first-order valence-electron chi connectivity index (χ1n) is 15.3. The van der Waals surface area contributed by atoms with Gasteiger partial charge in [-0.3, -0.25) is 14.9 Å². The van der Waals surface area contributed by atoms with Crippen LogP contribution in [0.2, 0.25) is 0 Å². The number of para-hydroxylation sites is 1. The minimum atomic E-state index is -0.420. The summed E-state index contributed by atoms with van der Waals surface area (Å²) < 4.78 is 5.81. The smallest absolute Gasteiger partial charge is 0.292 e. The maximum Gasteiger partial charge on any atom is 0.292 e. The molecule has 1 atom stereocenters. The van der Waals surface area contributed by atoms with Crippen molar-refractivity contribution in [3.8, 4) is 11.6 Å². The summed E-state index contributed by atoms with van der Waals surface area (Å²) in [5.41, 5.74) is 0.439. The number of amides is 1. The molecule has 3 aromatic rings. The highest BCUT2D eigenvalue weighted by Crippen LogP contribution is 2.35. The molecule has 11 heteroatoms. The third-order valence-electron chi connectivity index (χ3n) is 8.67. The highest BCUT2D eigenvalue weighted by molar-refractivity contribution is 5.79. The molecule has 1 unspecified atom stereocenters. The molecular weight excluding hydrogens is 534 g/mol. The van der Waals surface area contributed by atoms with E-state index in [1.54, 1.807) is 12.4 Å². The Morgan fingerprint density at radius 2 is 1.83 bits per heavy atom. The first kappa shape index (κ1) is 29.6. The van der Waals surface area contributed by atoms with Gasteiger partial charge in [-0.2, -0.15) is 0 Å². The van der Waals surface area contributed by atoms with Crippen molar-refractivity contribution >= 4 is 11.6 Å². The second kappa shape index (κ2) is 14.9. The third kappa shape index (κ3) is 7.90. The monoisotopic (exact) mass is 575 g/mol. The van der Waals surface area contributed by atoms with Gasteiger partial charge in [0.2, 0.25) is 11.8 Å². The molecule has 1 amide bonds. The van der Waals surface area contributed by atoms with Crippen LogP contribution in [0.25, 0.3) is 0 Å². The number of ether oxygens (including phenoxy) is 1. The van der Waals surface area contributed by atoms with Gasteiger partial charge in [0.25, 0.3) is 5.69 Å². The maximum atomic E-state index is 14.3. The van der Waals surface area contributed by atoms with Crippen LogP contribution in [0.15, 0.2) is 48.9 Å². The van der Waals surface area contributed by atoms with Gasteiger partial charge < -0.3 is 19.9 Å². The molecule has 2 N–H and O–H groups in total. The standard InChI is InChI=1S/C31H41N7O4/c39-31(37(21-29-34-22-35-36-29)25-12-6-2-7-13-25)27(23-10-4-1-5-11-23)16-17-32-19-24-18-30(33-20-28(24)38(40)41)42-26-14-8-3-9-15-26/h3,8-9,14-15,18,20,22-23,25,27,32H,1-2,4-7,10-13,16-17,19,21H2,(H,34,35,36). The van der Waals surface area contributed by atoms with E-state index in [0.29, 0.717) is 48.4 Å². The van der Waals surface area contributed by atoms with Crippen LogP contribution in [-0.4, -0.2) is 48.5 Å². The number of carbonyl (C=O) groups excluding carboxylic acids is 1. The lowest BCUT2D eigenvalue weighted by Gasteiger charge is -2.39. The fourth-order valence-electron chi connectivity index (χ4n) is 6.48. The SMILES string of the molecule is O=C(C(CCNCc1cc(Oc2ccccc2)ncc1[N+](=O)[O-])C1CCCCC1)N(Cc1nnc[nH]1)C1CCCCC1. The van der Waals surface area contributed by atoms with Crippen molar-refractivity contribution in [3.05, 3.63) is 70.4 Å². The van der Waals surface area contributed by atoms with E-state index in [1.807, 2.05) is 30.3 Å². The van der Waals surface area contributed by atoms with Gasteiger partial charge in [0.15, 0.2) is 0 Å². The number of rotatable bonds is 13. The van der Waals surface area contributed by atoms with E-state index in [2.05, 4.69) is 30.4 Å². The molecule has 224 valence electrons. The van der Waals surface area contributed by atoms with Crippen molar-refractivity contribution in [2.75, 3.05) is 6.54 Å². The number of hydrogen-bond acceptors (Lipinski definition) is 8. The Morgan fingerprint density at radius 3 is 2.52 bits per heavy atom. The normalized spacial score (nSPS) is 17.0. The zero-order chi connectivity index (χ0) is 29.1. The summed E-state index contributed by atoms with van der Waals surface area (Å²) >= 11 is 0. The highest BCUT2D eigenvalue weighted by Gasteiger charge is 2.36. The van der Waals surface area contributed by atoms with Gasteiger partial charge in [-0.1, -0.05) is 56.7 Å². The highest BCUT2D eigenvalue weighted by atomic mass is 16.6. The minimum absolute atomic E-state index is 0.0571. The zero-order valence-corrected chi connectivity index (χ0v) is 24.1. The average molecular weight is 576 g/mol. The lowest BCUT2D eigenvalue weighted by Crippen LogP contribution is -2.46. The molecule has 0 spiro atoms. The molecule has 2 heterocycles. The Hall–Kier alpha value is -3.86. The number of nitrogens with one attached hydrogen (secondary N) is 2. The number of carbonyl (C=O) groups is 1. The number of aromatic nitrogens is 4. The van der Waals surface area contributed by atoms with E-state index in [1.165, 1.54) is 19.0 Å². The van der Waals surface area contributed by atoms with E-state index in [4.69, 9.17) is 4.74 Å². The molecule has 2 fully saturated rings. The number of benzene rings is 1. The van der Waals surface area contributed by atoms with E-state index in [-0.39, 0.29) is 30.1 Å². The molecule has 0 saturated heterocycles. The summed E-state index contributed by atoms with van der Waals surface area (Å²) in [7, 11) is 0. The minimum Gasteiger partial charge on any atom is -0.439 e. The Balaban J connectivity index is 1.27. The lowest BCUT2D eigenvalue weighted by molar-refractivity contribution is -0.385. The van der Waals surface area contributed by atoms with Crippen LogP contribution in [0.4, 0.5) is 5.69 Å². The lowest BCUT2D eigenvalue weighted by atomic mass is 9.77. The molecule has 1 aromatic carbocycles. The predicted molar refractivity (Wildman–Crippen MR) is 158 cm³/mol. The summed E-state index contributed by atoms with van der Waals surface area (Å²) in [6.07, 6.45) is 14.7. The van der Waals surface area contributed by atoms with Gasteiger partial charge in [0, 0.05) is 24.6 Å². The largest absolute Gasteiger partial charge is 0.439 e. The van der Waals surface area contributed by atoms with E-state index in [0.717, 1.165) is 51.4 Å². The Bertz CT molecular complexity index is 1280. The van der Waals surface area contributed by atoms with Crippen molar-refractivity contribution in [1.29, 1.82) is 0 Å². The predicted octanol–water partition coefficient (Wildman–Crippen LogP) is 5.94. The maximum absolute atomic E-state index is 14.3. The summed E-state index contributed by atoms with van der Waals surface area (Å²) in [6.45, 7) is 1.30. The molecule has 42 heavy (non-hydrogen) atoms. The topological polar surface area (TPSA) is 139 Å². The molecule has 11 nitrogen and oxygen atoms in total. The first-order chi connectivity index (χ1) is 20.6. The van der Waals surface area contributed by atoms with Gasteiger partial charge in [0.1, 0.15) is 24.1 Å². The van der Waals surface area contributed by atoms with Crippen molar-refractivity contribution < 1.29 is 14.5 Å². The third-order valence-corrected chi connectivity index (χ3v) is 8.67. The Labute approximate surface area is 246 Å². The molecule has 5 rings (SSSR count). The number of H-pyrrole nitrogens is 1. The Morgan fingerprint density at radius 1 is 1.10 bits per heavy atom. The van der Waals surface area contributed by atoms with Crippen LogP contribution in [-0.2, 0) is 17.9 Å². The zero-order valence-electron chi connectivity index (χ0n) is 24.1. The number of pyridine rings is 1. The van der Waals surface area contributed by atoms with Crippen LogP contribution in [0.3, 0.4) is 0 Å². The van der Waals surface area contributed by atoms with Crippen LogP contribution in [0.5, 0.6) is 11.6 Å². The summed E-state index contributed by atoms with van der Waals surface area (Å²) in [4.78, 5) is 34.9. The van der Waals surface area contributed by atoms with Gasteiger partial charge in [-0.25, -0.2) is 4.98 Å². The molecule has 2 aromatic heterocycles. The number of hydrogen-bond donors (Lipinski definition) is 2. The van der Waals surface area contributed by atoms with Crippen LogP contribution in [0.1, 0.15) is 82.0 Å². The van der Waals surface area contributed by atoms with Gasteiger partial charge in [-0.15, -0.1) is 10.2 Å². The van der Waals surface area contributed by atoms with Crippen molar-refractivity contribution in [3.63, 3.8) is 0 Å². The van der Waals surface area contributed by atoms with Crippen LogP contribution < -0.4 is 10.1 Å². The summed E-state index contributed by atoms with van der Waals surface area (Å²) in [6, 6.07) is 11.1. The quantitative estimate of drug-likeness (QED) is 0.145. The fraction of sp³-hybridized carbons (Fsp3) is 0.548. The Kier molecular flexibility index (Phi) is 10.5. The van der Waals surface area contributed by atoms with Gasteiger partial charge in [-0.05, 0) is 56.7 Å². The molecule has 0 aliphatic heterocycles. The molecule has 2 saturated carbocycles. The number of aromatic amines is 1. The molecule has 2 aliphatic rings. The van der Waals surface area contributed by atoms with Gasteiger partial charge in [0.05, 0.1) is 17.0 Å².